The summed E-state index contributed by atoms with van der Waals surface area (Å²) in [5, 5.41) is 9.33. The van der Waals surface area contributed by atoms with E-state index in [0.29, 0.717) is 52.3 Å². The summed E-state index contributed by atoms with van der Waals surface area (Å²) < 4.78 is 17.7. The number of hydrogen-bond donors (Lipinski definition) is 1. The molecule has 10 heteroatoms. The van der Waals surface area contributed by atoms with Gasteiger partial charge in [-0.25, -0.2) is 0 Å². The quantitative estimate of drug-likeness (QED) is 0.293. The summed E-state index contributed by atoms with van der Waals surface area (Å²) in [5.74, 6) is -2.46. The van der Waals surface area contributed by atoms with Gasteiger partial charge in [-0.15, -0.1) is 0 Å². The van der Waals surface area contributed by atoms with Crippen LogP contribution in [0, 0.1) is 11.8 Å². The van der Waals surface area contributed by atoms with Gasteiger partial charge < -0.3 is 29.1 Å². The summed E-state index contributed by atoms with van der Waals surface area (Å²) in [6, 6.07) is -0.856. The van der Waals surface area contributed by atoms with E-state index in [1.807, 2.05) is 24.3 Å². The van der Waals surface area contributed by atoms with E-state index in [1.165, 1.54) is 0 Å². The third-order valence-corrected chi connectivity index (χ3v) is 8.28. The summed E-state index contributed by atoms with van der Waals surface area (Å²) in [7, 11) is 0. The van der Waals surface area contributed by atoms with E-state index in [2.05, 4.69) is 4.90 Å². The maximum Gasteiger partial charge on any atom is 0.312 e. The smallest absolute Gasteiger partial charge is 0.312 e. The van der Waals surface area contributed by atoms with E-state index in [4.69, 9.17) is 14.2 Å². The zero-order valence-corrected chi connectivity index (χ0v) is 21.5. The van der Waals surface area contributed by atoms with Crippen LogP contribution in [0.2, 0.25) is 0 Å². The van der Waals surface area contributed by atoms with Crippen LogP contribution in [-0.4, -0.2) is 121 Å². The standard InChI is InChI=1S/C27H39N3O7/c31-16-5-4-11-30-23-25(33)29(13-12-28-14-18-35-19-15-28)10-7-9-27(23)22(24(30)32)21-20(37-27)8-3-1-2-6-17-36-26(21)34/h3,7-9,20-23,31H,1-2,4-6,10-19H2/b8-3-/t20-,21+,22-,23?,27-/m0/s1. The van der Waals surface area contributed by atoms with E-state index < -0.39 is 35.6 Å². The molecule has 0 aromatic rings. The van der Waals surface area contributed by atoms with Gasteiger partial charge >= 0.3 is 5.97 Å². The van der Waals surface area contributed by atoms with E-state index in [-0.39, 0.29) is 18.4 Å². The number of morpholine rings is 1. The Kier molecular flexibility index (Phi) is 8.28. The fraction of sp³-hybridized carbons (Fsp3) is 0.741. The Morgan fingerprint density at radius 2 is 1.81 bits per heavy atom. The molecule has 0 aromatic heterocycles. The van der Waals surface area contributed by atoms with Crippen LogP contribution in [0.3, 0.4) is 0 Å². The minimum atomic E-state index is -1.23. The molecule has 10 nitrogen and oxygen atoms in total. The van der Waals surface area contributed by atoms with Crippen LogP contribution in [0.25, 0.3) is 0 Å². The molecule has 5 aliphatic rings. The lowest BCUT2D eigenvalue weighted by Gasteiger charge is -2.36. The molecule has 1 N–H and O–H groups in total. The zero-order valence-electron chi connectivity index (χ0n) is 21.5. The van der Waals surface area contributed by atoms with Gasteiger partial charge in [0.15, 0.2) is 0 Å². The highest BCUT2D eigenvalue weighted by atomic mass is 16.6. The monoisotopic (exact) mass is 517 g/mol. The Balaban J connectivity index is 1.45. The lowest BCUT2D eigenvalue weighted by molar-refractivity contribution is -0.155. The van der Waals surface area contributed by atoms with Crippen molar-refractivity contribution in [1.29, 1.82) is 0 Å². The van der Waals surface area contributed by atoms with Crippen molar-refractivity contribution in [2.45, 2.75) is 49.9 Å². The van der Waals surface area contributed by atoms with Crippen LogP contribution in [-0.2, 0) is 28.6 Å². The first-order valence-corrected chi connectivity index (χ1v) is 13.8. The normalized spacial score (nSPS) is 35.5. The largest absolute Gasteiger partial charge is 0.465 e. The molecular weight excluding hydrogens is 478 g/mol. The number of rotatable bonds is 7. The molecule has 0 aliphatic carbocycles. The van der Waals surface area contributed by atoms with Crippen LogP contribution in [0.4, 0.5) is 0 Å². The van der Waals surface area contributed by atoms with Gasteiger partial charge in [-0.3, -0.25) is 19.3 Å². The average Bonchev–Trinajstić information content (AvgIpc) is 3.29. The molecule has 5 rings (SSSR count). The van der Waals surface area contributed by atoms with Crippen LogP contribution in [0.5, 0.6) is 0 Å². The van der Waals surface area contributed by atoms with Crippen LogP contribution in [0.1, 0.15) is 32.1 Å². The summed E-state index contributed by atoms with van der Waals surface area (Å²) >= 11 is 0. The van der Waals surface area contributed by atoms with E-state index in [0.717, 1.165) is 38.9 Å². The first-order chi connectivity index (χ1) is 18.1. The first-order valence-electron chi connectivity index (χ1n) is 13.8. The van der Waals surface area contributed by atoms with Crippen molar-refractivity contribution in [3.63, 3.8) is 0 Å². The molecule has 204 valence electrons. The number of cyclic esters (lactones) is 1. The van der Waals surface area contributed by atoms with E-state index in [9.17, 15) is 19.5 Å². The summed E-state index contributed by atoms with van der Waals surface area (Å²) in [4.78, 5) is 47.1. The Morgan fingerprint density at radius 3 is 2.62 bits per heavy atom. The number of aliphatic hydroxyl groups is 1. The van der Waals surface area contributed by atoms with Crippen LogP contribution in [0.15, 0.2) is 24.3 Å². The third kappa shape index (κ3) is 5.08. The maximum atomic E-state index is 14.1. The predicted octanol–water partition coefficient (Wildman–Crippen LogP) is 0.354. The number of amides is 2. The molecule has 1 unspecified atom stereocenters. The van der Waals surface area contributed by atoms with Crippen molar-refractivity contribution in [2.24, 2.45) is 11.8 Å². The number of unbranched alkanes of at least 4 members (excludes halogenated alkanes) is 1. The van der Waals surface area contributed by atoms with E-state index >= 15 is 0 Å². The van der Waals surface area contributed by atoms with Crippen LogP contribution < -0.4 is 0 Å². The average molecular weight is 518 g/mol. The number of aliphatic hydroxyl groups excluding tert-OH is 1. The maximum absolute atomic E-state index is 14.1. The topological polar surface area (TPSA) is 109 Å². The molecule has 0 bridgehead atoms. The second kappa shape index (κ2) is 11.6. The number of fused-ring (bicyclic) bond motifs is 2. The third-order valence-electron chi connectivity index (χ3n) is 8.28. The highest BCUT2D eigenvalue weighted by Crippen LogP contribution is 2.53. The Bertz CT molecular complexity index is 918. The minimum Gasteiger partial charge on any atom is -0.465 e. The molecule has 0 aromatic carbocycles. The van der Waals surface area contributed by atoms with Gasteiger partial charge in [-0.2, -0.15) is 0 Å². The molecular formula is C27H39N3O7. The Hall–Kier alpha value is -2.27. The number of esters is 1. The number of carbonyl (C=O) groups excluding carboxylic acids is 3. The predicted molar refractivity (Wildman–Crippen MR) is 133 cm³/mol. The number of ether oxygens (including phenoxy) is 3. The molecule has 3 fully saturated rings. The van der Waals surface area contributed by atoms with Crippen molar-refractivity contribution < 1.29 is 33.7 Å². The van der Waals surface area contributed by atoms with Crippen molar-refractivity contribution in [1.82, 2.24) is 14.7 Å². The Morgan fingerprint density at radius 1 is 0.973 bits per heavy atom. The zero-order chi connectivity index (χ0) is 25.8. The van der Waals surface area contributed by atoms with Gasteiger partial charge in [0.25, 0.3) is 0 Å². The molecule has 3 saturated heterocycles. The lowest BCUT2D eigenvalue weighted by Crippen LogP contribution is -2.56. The van der Waals surface area contributed by atoms with Crippen LogP contribution >= 0.6 is 0 Å². The first kappa shape index (κ1) is 26.3. The van der Waals surface area contributed by atoms with Gasteiger partial charge in [-0.1, -0.05) is 24.3 Å². The number of likely N-dealkylation sites (tertiary alicyclic amines) is 1. The SMILES string of the molecule is O=C1OCCCC/C=C\[C@@H]2O[C@]34C=CCN(CCN5CCOCC5)C(=O)C3N(CCCCO)C(=O)[C@@H]4[C@H]12. The number of nitrogens with zero attached hydrogens (tertiary/aromatic N) is 3. The summed E-state index contributed by atoms with van der Waals surface area (Å²) in [5.41, 5.74) is -1.23. The fourth-order valence-corrected chi connectivity index (χ4v) is 6.39. The number of carbonyl (C=O) groups is 3. The number of allylic oxidation sites excluding steroid dienone is 1. The van der Waals surface area contributed by atoms with Crippen molar-refractivity contribution in [3.05, 3.63) is 24.3 Å². The van der Waals surface area contributed by atoms with Crippen molar-refractivity contribution in [3.8, 4) is 0 Å². The highest BCUT2D eigenvalue weighted by molar-refractivity contribution is 5.99. The highest BCUT2D eigenvalue weighted by Gasteiger charge is 2.71. The molecule has 1 spiro atoms. The second-order valence-corrected chi connectivity index (χ2v) is 10.5. The van der Waals surface area contributed by atoms with Gasteiger partial charge in [0.05, 0.1) is 31.8 Å². The molecule has 0 radical (unpaired) electrons. The number of hydrogen-bond acceptors (Lipinski definition) is 8. The lowest BCUT2D eigenvalue weighted by atomic mass is 9.78. The second-order valence-electron chi connectivity index (χ2n) is 10.5. The molecule has 5 aliphatic heterocycles. The van der Waals surface area contributed by atoms with Gasteiger partial charge in [0, 0.05) is 45.9 Å². The van der Waals surface area contributed by atoms with Crippen molar-refractivity contribution >= 4 is 17.8 Å². The summed E-state index contributed by atoms with van der Waals surface area (Å²) in [6.45, 7) is 5.39. The van der Waals surface area contributed by atoms with E-state index in [1.54, 1.807) is 9.80 Å². The fourth-order valence-electron chi connectivity index (χ4n) is 6.39. The van der Waals surface area contributed by atoms with Crippen molar-refractivity contribution in [2.75, 3.05) is 65.7 Å². The molecule has 0 saturated carbocycles. The van der Waals surface area contributed by atoms with Gasteiger partial charge in [0.1, 0.15) is 17.6 Å². The van der Waals surface area contributed by atoms with Gasteiger partial charge in [0.2, 0.25) is 11.8 Å². The molecule has 5 heterocycles. The molecule has 2 amide bonds. The van der Waals surface area contributed by atoms with Gasteiger partial charge in [-0.05, 0) is 32.1 Å². The minimum absolute atomic E-state index is 0.0130. The summed E-state index contributed by atoms with van der Waals surface area (Å²) in [6.07, 6.45) is 10.7. The molecule has 37 heavy (non-hydrogen) atoms. The molecule has 5 atom stereocenters. The Labute approximate surface area is 218 Å².